The van der Waals surface area contributed by atoms with Gasteiger partial charge in [-0.05, 0) is 42.8 Å². The fourth-order valence-corrected chi connectivity index (χ4v) is 4.94. The Balaban J connectivity index is 1.45. The van der Waals surface area contributed by atoms with Gasteiger partial charge in [-0.2, -0.15) is 0 Å². The summed E-state index contributed by atoms with van der Waals surface area (Å²) in [5, 5.41) is -0.0612. The molecule has 2 aromatic heterocycles. The Bertz CT molecular complexity index is 1400. The van der Waals surface area contributed by atoms with Crippen molar-refractivity contribution >= 4 is 20.9 Å². The summed E-state index contributed by atoms with van der Waals surface area (Å²) in [5.41, 5.74) is 3.46. The third-order valence-corrected chi connectivity index (χ3v) is 7.12. The number of nitrogens with zero attached hydrogens (tertiary/aromatic N) is 2. The largest absolute Gasteiger partial charge is 0.493 e. The van der Waals surface area contributed by atoms with Gasteiger partial charge in [0.1, 0.15) is 12.4 Å². The van der Waals surface area contributed by atoms with Crippen molar-refractivity contribution in [2.45, 2.75) is 30.9 Å². The van der Waals surface area contributed by atoms with E-state index in [0.717, 1.165) is 23.4 Å². The van der Waals surface area contributed by atoms with Gasteiger partial charge in [0.05, 0.1) is 36.2 Å². The molecule has 0 saturated heterocycles. The van der Waals surface area contributed by atoms with Crippen LogP contribution >= 0.6 is 0 Å². The average molecular weight is 512 g/mol. The number of H-pyrrole nitrogens is 1. The van der Waals surface area contributed by atoms with Crippen LogP contribution in [0.2, 0.25) is 0 Å². The van der Waals surface area contributed by atoms with E-state index in [1.807, 2.05) is 25.1 Å². The maximum absolute atomic E-state index is 13.0. The van der Waals surface area contributed by atoms with Crippen molar-refractivity contribution in [1.82, 2.24) is 15.0 Å². The van der Waals surface area contributed by atoms with Crippen LogP contribution in [0.3, 0.4) is 0 Å². The van der Waals surface area contributed by atoms with Gasteiger partial charge in [-0.15, -0.1) is 0 Å². The number of nitrogens with one attached hydrogen (secondary N) is 1. The molecule has 0 saturated carbocycles. The molecule has 0 fully saturated rings. The number of para-hydroxylation sites is 2. The molecular formula is C26H29N3O6S. The number of sulfone groups is 1. The number of aromatic nitrogens is 3. The third-order valence-electron chi connectivity index (χ3n) is 5.62. The van der Waals surface area contributed by atoms with E-state index in [9.17, 15) is 8.42 Å². The lowest BCUT2D eigenvalue weighted by Crippen LogP contribution is -2.08. The summed E-state index contributed by atoms with van der Waals surface area (Å²) in [6.45, 7) is 3.31. The van der Waals surface area contributed by atoms with Crippen LogP contribution in [-0.4, -0.2) is 50.8 Å². The Hall–Kier alpha value is -3.63. The molecule has 190 valence electrons. The number of methoxy groups -OCH3 is 2. The quantitative estimate of drug-likeness (QED) is 0.281. The molecule has 0 bridgehead atoms. The molecule has 0 aliphatic heterocycles. The predicted molar refractivity (Wildman–Crippen MR) is 135 cm³/mol. The first-order valence-corrected chi connectivity index (χ1v) is 13.1. The summed E-state index contributed by atoms with van der Waals surface area (Å²) in [4.78, 5) is 11.5. The van der Waals surface area contributed by atoms with Gasteiger partial charge in [0.25, 0.3) is 0 Å². The van der Waals surface area contributed by atoms with Crippen LogP contribution in [0.25, 0.3) is 11.0 Å². The van der Waals surface area contributed by atoms with E-state index in [-0.39, 0.29) is 17.5 Å². The van der Waals surface area contributed by atoms with E-state index in [1.165, 1.54) is 7.11 Å². The van der Waals surface area contributed by atoms with E-state index in [2.05, 4.69) is 15.0 Å². The number of pyridine rings is 1. The molecule has 0 aliphatic carbocycles. The highest BCUT2D eigenvalue weighted by molar-refractivity contribution is 7.90. The van der Waals surface area contributed by atoms with Crippen LogP contribution in [0.5, 0.6) is 17.2 Å². The summed E-state index contributed by atoms with van der Waals surface area (Å²) in [6.07, 6.45) is 2.47. The molecule has 0 radical (unpaired) electrons. The second kappa shape index (κ2) is 11.4. The van der Waals surface area contributed by atoms with Crippen molar-refractivity contribution in [3.8, 4) is 17.2 Å². The SMILES string of the molecule is COCCCOc1ccnc(COc2ccc(CS(=O)(=O)c3nc4ccccc4[nH]3)cc2OC)c1C. The minimum atomic E-state index is -3.68. The van der Waals surface area contributed by atoms with Crippen LogP contribution in [0.4, 0.5) is 0 Å². The fraction of sp³-hybridized carbons (Fsp3) is 0.308. The standard InChI is InChI=1S/C26H29N3O6S/c1-18-22(27-12-11-23(18)34-14-6-13-32-2)16-35-24-10-9-19(15-25(24)33-3)17-36(30,31)26-28-20-7-4-5-8-21(20)29-26/h4-5,7-12,15H,6,13-14,16-17H2,1-3H3,(H,28,29). The molecule has 0 amide bonds. The number of fused-ring (bicyclic) bond motifs is 1. The summed E-state index contributed by atoms with van der Waals surface area (Å²) < 4.78 is 48.2. The Morgan fingerprint density at radius 1 is 0.944 bits per heavy atom. The molecule has 10 heteroatoms. The summed E-state index contributed by atoms with van der Waals surface area (Å²) in [7, 11) is -0.513. The van der Waals surface area contributed by atoms with Crippen LogP contribution in [-0.2, 0) is 26.9 Å². The number of hydrogen-bond donors (Lipinski definition) is 1. The Morgan fingerprint density at radius 2 is 1.78 bits per heavy atom. The van der Waals surface area contributed by atoms with Gasteiger partial charge in [0.2, 0.25) is 15.0 Å². The number of ether oxygens (including phenoxy) is 4. The second-order valence-electron chi connectivity index (χ2n) is 8.17. The minimum absolute atomic E-state index is 0.0612. The number of imidazole rings is 1. The molecule has 9 nitrogen and oxygen atoms in total. The van der Waals surface area contributed by atoms with Gasteiger partial charge in [-0.25, -0.2) is 13.4 Å². The molecule has 0 unspecified atom stereocenters. The topological polar surface area (TPSA) is 113 Å². The molecule has 2 aromatic carbocycles. The second-order valence-corrected chi connectivity index (χ2v) is 10.1. The van der Waals surface area contributed by atoms with Crippen LogP contribution in [0, 0.1) is 6.92 Å². The summed E-state index contributed by atoms with van der Waals surface area (Å²) in [6, 6.07) is 14.1. The smallest absolute Gasteiger partial charge is 0.226 e. The molecular weight excluding hydrogens is 482 g/mol. The maximum atomic E-state index is 13.0. The molecule has 4 aromatic rings. The molecule has 4 rings (SSSR count). The zero-order valence-corrected chi connectivity index (χ0v) is 21.3. The van der Waals surface area contributed by atoms with E-state index < -0.39 is 9.84 Å². The molecule has 0 aliphatic rings. The first kappa shape index (κ1) is 25.5. The van der Waals surface area contributed by atoms with Crippen molar-refractivity contribution in [3.63, 3.8) is 0 Å². The minimum Gasteiger partial charge on any atom is -0.493 e. The third kappa shape index (κ3) is 5.95. The van der Waals surface area contributed by atoms with Gasteiger partial charge < -0.3 is 23.9 Å². The van der Waals surface area contributed by atoms with Gasteiger partial charge >= 0.3 is 0 Å². The highest BCUT2D eigenvalue weighted by Gasteiger charge is 2.21. The zero-order chi connectivity index (χ0) is 25.5. The number of aromatic amines is 1. The molecule has 1 N–H and O–H groups in total. The highest BCUT2D eigenvalue weighted by Crippen LogP contribution is 2.31. The predicted octanol–water partition coefficient (Wildman–Crippen LogP) is 4.24. The van der Waals surface area contributed by atoms with E-state index in [0.29, 0.717) is 41.3 Å². The van der Waals surface area contributed by atoms with E-state index in [1.54, 1.807) is 43.6 Å². The van der Waals surface area contributed by atoms with Crippen molar-refractivity contribution in [3.05, 3.63) is 71.5 Å². The number of rotatable bonds is 12. The summed E-state index contributed by atoms with van der Waals surface area (Å²) >= 11 is 0. The maximum Gasteiger partial charge on any atom is 0.226 e. The normalized spacial score (nSPS) is 11.5. The Morgan fingerprint density at radius 3 is 2.56 bits per heavy atom. The van der Waals surface area contributed by atoms with Crippen molar-refractivity contribution < 1.29 is 27.4 Å². The lowest BCUT2D eigenvalue weighted by Gasteiger charge is -2.15. The van der Waals surface area contributed by atoms with Crippen LogP contribution < -0.4 is 14.2 Å². The molecule has 2 heterocycles. The monoisotopic (exact) mass is 511 g/mol. The van der Waals surface area contributed by atoms with E-state index in [4.69, 9.17) is 18.9 Å². The molecule has 0 atom stereocenters. The van der Waals surface area contributed by atoms with Crippen molar-refractivity contribution in [2.24, 2.45) is 0 Å². The summed E-state index contributed by atoms with van der Waals surface area (Å²) in [5.74, 6) is 1.43. The lowest BCUT2D eigenvalue weighted by atomic mass is 10.2. The Labute approximate surface area is 210 Å². The Kier molecular flexibility index (Phi) is 8.07. The number of benzene rings is 2. The first-order valence-electron chi connectivity index (χ1n) is 11.4. The fourth-order valence-electron chi connectivity index (χ4n) is 3.68. The van der Waals surface area contributed by atoms with E-state index >= 15 is 0 Å². The van der Waals surface area contributed by atoms with Crippen molar-refractivity contribution in [2.75, 3.05) is 27.4 Å². The van der Waals surface area contributed by atoms with Gasteiger partial charge in [0.15, 0.2) is 11.5 Å². The number of hydrogen-bond acceptors (Lipinski definition) is 8. The zero-order valence-electron chi connectivity index (χ0n) is 20.5. The van der Waals surface area contributed by atoms with Crippen LogP contribution in [0.15, 0.2) is 59.9 Å². The molecule has 36 heavy (non-hydrogen) atoms. The van der Waals surface area contributed by atoms with Crippen molar-refractivity contribution in [1.29, 1.82) is 0 Å². The van der Waals surface area contributed by atoms with Gasteiger partial charge in [-0.1, -0.05) is 18.2 Å². The van der Waals surface area contributed by atoms with Crippen LogP contribution in [0.1, 0.15) is 23.2 Å². The highest BCUT2D eigenvalue weighted by atomic mass is 32.2. The molecule has 0 spiro atoms. The first-order chi connectivity index (χ1) is 17.4. The lowest BCUT2D eigenvalue weighted by molar-refractivity contribution is 0.171. The van der Waals surface area contributed by atoms with Gasteiger partial charge in [-0.3, -0.25) is 4.98 Å². The average Bonchev–Trinajstić information content (AvgIpc) is 3.32. The van der Waals surface area contributed by atoms with Gasteiger partial charge in [0, 0.05) is 31.9 Å².